The van der Waals surface area contributed by atoms with Crippen molar-refractivity contribution in [2.24, 2.45) is 0 Å². The Labute approximate surface area is 120 Å². The number of carbonyl (C=O) groups is 1. The van der Waals surface area contributed by atoms with E-state index in [0.717, 1.165) is 26.1 Å². The van der Waals surface area contributed by atoms with Gasteiger partial charge in [0, 0.05) is 31.9 Å². The minimum absolute atomic E-state index is 0.0685. The average molecular weight is 280 g/mol. The van der Waals surface area contributed by atoms with E-state index in [2.05, 4.69) is 22.4 Å². The van der Waals surface area contributed by atoms with Crippen LogP contribution in [0.3, 0.4) is 0 Å². The number of ether oxygens (including phenoxy) is 1. The van der Waals surface area contributed by atoms with Crippen molar-refractivity contribution in [3.05, 3.63) is 18.0 Å². The fourth-order valence-corrected chi connectivity index (χ4v) is 2.23. The number of hydrogen-bond acceptors (Lipinski definition) is 4. The zero-order chi connectivity index (χ0) is 14.5. The lowest BCUT2D eigenvalue weighted by atomic mass is 10.2. The zero-order valence-corrected chi connectivity index (χ0v) is 12.5. The molecule has 20 heavy (non-hydrogen) atoms. The van der Waals surface area contributed by atoms with Gasteiger partial charge in [-0.25, -0.2) is 0 Å². The summed E-state index contributed by atoms with van der Waals surface area (Å²) in [6, 6.07) is 0.266. The molecule has 1 amide bonds. The fraction of sp³-hybridized carbons (Fsp3) is 0.714. The Morgan fingerprint density at radius 2 is 2.40 bits per heavy atom. The Balaban J connectivity index is 1.74. The van der Waals surface area contributed by atoms with Crippen molar-refractivity contribution >= 4 is 5.91 Å². The normalized spacial score (nSPS) is 20.3. The first kappa shape index (κ1) is 15.0. The van der Waals surface area contributed by atoms with Gasteiger partial charge in [-0.05, 0) is 27.3 Å². The van der Waals surface area contributed by atoms with Gasteiger partial charge in [0.05, 0.1) is 24.5 Å². The summed E-state index contributed by atoms with van der Waals surface area (Å²) >= 11 is 0. The number of nitrogens with one attached hydrogen (secondary N) is 1. The van der Waals surface area contributed by atoms with Crippen LogP contribution in [-0.2, 0) is 4.74 Å². The van der Waals surface area contributed by atoms with Crippen molar-refractivity contribution < 1.29 is 9.53 Å². The summed E-state index contributed by atoms with van der Waals surface area (Å²) < 4.78 is 7.45. The Morgan fingerprint density at radius 1 is 1.60 bits per heavy atom. The summed E-state index contributed by atoms with van der Waals surface area (Å²) in [4.78, 5) is 14.2. The maximum absolute atomic E-state index is 12.0. The van der Waals surface area contributed by atoms with Crippen LogP contribution in [0.1, 0.15) is 36.7 Å². The average Bonchev–Trinajstić information content (AvgIpc) is 2.88. The molecule has 1 aliphatic heterocycles. The highest BCUT2D eigenvalue weighted by molar-refractivity contribution is 5.93. The van der Waals surface area contributed by atoms with Crippen LogP contribution >= 0.6 is 0 Å². The van der Waals surface area contributed by atoms with Gasteiger partial charge < -0.3 is 15.0 Å². The molecule has 0 bridgehead atoms. The van der Waals surface area contributed by atoms with Crippen LogP contribution in [0, 0.1) is 0 Å². The SMILES string of the molecule is CC(C)n1cc(C(=O)NCC[C@H]2CN(C)CCO2)cn1. The van der Waals surface area contributed by atoms with Gasteiger partial charge in [0.2, 0.25) is 0 Å². The molecule has 1 aromatic rings. The van der Waals surface area contributed by atoms with Crippen LogP contribution < -0.4 is 5.32 Å². The first-order chi connectivity index (χ1) is 9.56. The molecule has 1 aromatic heterocycles. The van der Waals surface area contributed by atoms with Gasteiger partial charge in [0.1, 0.15) is 0 Å². The van der Waals surface area contributed by atoms with Gasteiger partial charge >= 0.3 is 0 Å². The van der Waals surface area contributed by atoms with E-state index in [1.807, 2.05) is 13.8 Å². The van der Waals surface area contributed by atoms with Crippen molar-refractivity contribution in [3.8, 4) is 0 Å². The van der Waals surface area contributed by atoms with Crippen molar-refractivity contribution in [3.63, 3.8) is 0 Å². The Hall–Kier alpha value is -1.40. The highest BCUT2D eigenvalue weighted by Gasteiger charge is 2.17. The molecule has 0 radical (unpaired) electrons. The van der Waals surface area contributed by atoms with Crippen LogP contribution in [0.25, 0.3) is 0 Å². The van der Waals surface area contributed by atoms with Crippen LogP contribution in [0.2, 0.25) is 0 Å². The van der Waals surface area contributed by atoms with Gasteiger partial charge in [0.25, 0.3) is 5.91 Å². The van der Waals surface area contributed by atoms with Gasteiger partial charge in [0.15, 0.2) is 0 Å². The molecule has 1 aliphatic rings. The van der Waals surface area contributed by atoms with E-state index in [4.69, 9.17) is 4.74 Å². The maximum Gasteiger partial charge on any atom is 0.254 e. The van der Waals surface area contributed by atoms with Crippen LogP contribution in [-0.4, -0.2) is 60.0 Å². The van der Waals surface area contributed by atoms with Gasteiger partial charge in [-0.3, -0.25) is 9.48 Å². The van der Waals surface area contributed by atoms with E-state index in [0.29, 0.717) is 12.1 Å². The van der Waals surface area contributed by atoms with E-state index in [1.54, 1.807) is 17.1 Å². The second kappa shape index (κ2) is 6.85. The number of amides is 1. The molecule has 1 saturated heterocycles. The lowest BCUT2D eigenvalue weighted by Gasteiger charge is -2.30. The minimum atomic E-state index is -0.0685. The topological polar surface area (TPSA) is 59.4 Å². The summed E-state index contributed by atoms with van der Waals surface area (Å²) in [7, 11) is 2.09. The number of morpholine rings is 1. The van der Waals surface area contributed by atoms with Crippen molar-refractivity contribution in [1.82, 2.24) is 20.0 Å². The first-order valence-electron chi connectivity index (χ1n) is 7.18. The highest BCUT2D eigenvalue weighted by atomic mass is 16.5. The van der Waals surface area contributed by atoms with E-state index >= 15 is 0 Å². The number of aromatic nitrogens is 2. The third kappa shape index (κ3) is 4.05. The molecule has 0 aromatic carbocycles. The molecule has 0 saturated carbocycles. The zero-order valence-electron chi connectivity index (χ0n) is 12.5. The Kier molecular flexibility index (Phi) is 5.14. The molecule has 0 aliphatic carbocycles. The van der Waals surface area contributed by atoms with E-state index in [9.17, 15) is 4.79 Å². The molecule has 2 rings (SSSR count). The number of carbonyl (C=O) groups excluding carboxylic acids is 1. The van der Waals surface area contributed by atoms with Crippen LogP contribution in [0.4, 0.5) is 0 Å². The molecule has 0 spiro atoms. The van der Waals surface area contributed by atoms with E-state index in [-0.39, 0.29) is 18.1 Å². The predicted octanol–water partition coefficient (Wildman–Crippen LogP) is 0.914. The third-order valence-electron chi connectivity index (χ3n) is 3.49. The smallest absolute Gasteiger partial charge is 0.254 e. The summed E-state index contributed by atoms with van der Waals surface area (Å²) in [5.41, 5.74) is 0.611. The van der Waals surface area contributed by atoms with Gasteiger partial charge in [-0.1, -0.05) is 0 Å². The second-order valence-electron chi connectivity index (χ2n) is 5.60. The first-order valence-corrected chi connectivity index (χ1v) is 7.18. The molecule has 1 fully saturated rings. The summed E-state index contributed by atoms with van der Waals surface area (Å²) in [6.45, 7) is 7.38. The Morgan fingerprint density at radius 3 is 3.05 bits per heavy atom. The summed E-state index contributed by atoms with van der Waals surface area (Å²) in [6.07, 6.45) is 4.45. The van der Waals surface area contributed by atoms with Gasteiger partial charge in [-0.15, -0.1) is 0 Å². The molecule has 2 heterocycles. The molecule has 1 N–H and O–H groups in total. The molecular formula is C14H24N4O2. The lowest BCUT2D eigenvalue weighted by Crippen LogP contribution is -2.41. The molecular weight excluding hydrogens is 256 g/mol. The number of hydrogen-bond donors (Lipinski definition) is 1. The van der Waals surface area contributed by atoms with E-state index in [1.165, 1.54) is 0 Å². The molecule has 0 unspecified atom stereocenters. The predicted molar refractivity (Wildman–Crippen MR) is 76.8 cm³/mol. The van der Waals surface area contributed by atoms with E-state index < -0.39 is 0 Å². The van der Waals surface area contributed by atoms with Crippen molar-refractivity contribution in [2.45, 2.75) is 32.4 Å². The molecule has 112 valence electrons. The van der Waals surface area contributed by atoms with Crippen molar-refractivity contribution in [2.75, 3.05) is 33.3 Å². The maximum atomic E-state index is 12.0. The molecule has 6 heteroatoms. The number of rotatable bonds is 5. The van der Waals surface area contributed by atoms with Crippen LogP contribution in [0.5, 0.6) is 0 Å². The quantitative estimate of drug-likeness (QED) is 0.871. The highest BCUT2D eigenvalue weighted by Crippen LogP contribution is 2.07. The van der Waals surface area contributed by atoms with Gasteiger partial charge in [-0.2, -0.15) is 5.10 Å². The standard InChI is InChI=1S/C14H24N4O2/c1-11(2)18-9-12(8-16-18)14(19)15-5-4-13-10-17(3)6-7-20-13/h8-9,11,13H,4-7,10H2,1-3H3,(H,15,19)/t13-/m0/s1. The summed E-state index contributed by atoms with van der Waals surface area (Å²) in [5.74, 6) is -0.0685. The largest absolute Gasteiger partial charge is 0.375 e. The van der Waals surface area contributed by atoms with Crippen molar-refractivity contribution in [1.29, 1.82) is 0 Å². The summed E-state index contributed by atoms with van der Waals surface area (Å²) in [5, 5.41) is 7.09. The second-order valence-corrected chi connectivity index (χ2v) is 5.60. The number of nitrogens with zero attached hydrogens (tertiary/aromatic N) is 3. The fourth-order valence-electron chi connectivity index (χ4n) is 2.23. The molecule has 6 nitrogen and oxygen atoms in total. The monoisotopic (exact) mass is 280 g/mol. The van der Waals surface area contributed by atoms with Crippen LogP contribution in [0.15, 0.2) is 12.4 Å². The minimum Gasteiger partial charge on any atom is -0.375 e. The lowest BCUT2D eigenvalue weighted by molar-refractivity contribution is -0.0226. The molecule has 1 atom stereocenters. The Bertz CT molecular complexity index is 444. The number of likely N-dealkylation sites (N-methyl/N-ethyl adjacent to an activating group) is 1. The third-order valence-corrected chi connectivity index (χ3v) is 3.49.